The van der Waals surface area contributed by atoms with Gasteiger partial charge in [-0.15, -0.1) is 0 Å². The van der Waals surface area contributed by atoms with Crippen LogP contribution < -0.4 is 5.63 Å². The van der Waals surface area contributed by atoms with Crippen LogP contribution in [0.3, 0.4) is 0 Å². The minimum Gasteiger partial charge on any atom is -0.461 e. The van der Waals surface area contributed by atoms with Gasteiger partial charge in [0.2, 0.25) is 10.0 Å². The monoisotopic (exact) mass is 484 g/mol. The average molecular weight is 485 g/mol. The zero-order chi connectivity index (χ0) is 24.5. The average Bonchev–Trinajstić information content (AvgIpc) is 2.82. The van der Waals surface area contributed by atoms with Crippen molar-refractivity contribution in [2.24, 2.45) is 5.92 Å². The van der Waals surface area contributed by atoms with Crippen molar-refractivity contribution in [2.45, 2.75) is 51.0 Å². The summed E-state index contributed by atoms with van der Waals surface area (Å²) in [4.78, 5) is 28.8. The van der Waals surface area contributed by atoms with Crippen molar-refractivity contribution >= 4 is 27.0 Å². The Balaban J connectivity index is 1.44. The standard InChI is InChI=1S/C25H28N2O6S/c1-16(2)21-13-22-19(12-24(28)33-23(22)11-17(21)3)15-32-25(29)18-6-9-27(10-7-18)34(30,31)20-5-4-8-26-14-20/h4-5,8,11-14,16,18H,6-7,9-10,15H2,1-3H3. The van der Waals surface area contributed by atoms with E-state index in [0.717, 1.165) is 16.5 Å². The summed E-state index contributed by atoms with van der Waals surface area (Å²) >= 11 is 0. The Morgan fingerprint density at radius 1 is 1.24 bits per heavy atom. The van der Waals surface area contributed by atoms with Gasteiger partial charge in [-0.1, -0.05) is 13.8 Å². The molecule has 0 atom stereocenters. The van der Waals surface area contributed by atoms with Crippen molar-refractivity contribution in [1.29, 1.82) is 0 Å². The summed E-state index contributed by atoms with van der Waals surface area (Å²) in [7, 11) is -3.64. The van der Waals surface area contributed by atoms with Crippen LogP contribution in [0.1, 0.15) is 49.3 Å². The van der Waals surface area contributed by atoms with Crippen LogP contribution in [0.25, 0.3) is 11.0 Å². The summed E-state index contributed by atoms with van der Waals surface area (Å²) < 4.78 is 37.8. The maximum Gasteiger partial charge on any atom is 0.336 e. The highest BCUT2D eigenvalue weighted by molar-refractivity contribution is 7.89. The first kappa shape index (κ1) is 24.1. The summed E-state index contributed by atoms with van der Waals surface area (Å²) in [5.41, 5.74) is 2.74. The summed E-state index contributed by atoms with van der Waals surface area (Å²) in [5.74, 6) is -0.504. The van der Waals surface area contributed by atoms with E-state index in [1.165, 1.54) is 28.8 Å². The van der Waals surface area contributed by atoms with E-state index in [4.69, 9.17) is 9.15 Å². The lowest BCUT2D eigenvalue weighted by molar-refractivity contribution is -0.151. The maximum atomic E-state index is 12.8. The number of esters is 1. The zero-order valence-corrected chi connectivity index (χ0v) is 20.3. The van der Waals surface area contributed by atoms with Gasteiger partial charge in [0.05, 0.1) is 5.92 Å². The highest BCUT2D eigenvalue weighted by Crippen LogP contribution is 2.28. The molecule has 3 aromatic rings. The van der Waals surface area contributed by atoms with Crippen LogP contribution in [0, 0.1) is 12.8 Å². The van der Waals surface area contributed by atoms with Crippen molar-refractivity contribution in [3.05, 3.63) is 69.8 Å². The van der Waals surface area contributed by atoms with E-state index in [1.807, 2.05) is 19.1 Å². The minimum absolute atomic E-state index is 0.0459. The number of sulfonamides is 1. The van der Waals surface area contributed by atoms with Gasteiger partial charge in [-0.25, -0.2) is 13.2 Å². The second kappa shape index (κ2) is 9.68. The number of benzene rings is 1. The zero-order valence-electron chi connectivity index (χ0n) is 19.5. The summed E-state index contributed by atoms with van der Waals surface area (Å²) in [6.07, 6.45) is 3.58. The molecule has 0 spiro atoms. The molecule has 34 heavy (non-hydrogen) atoms. The molecule has 1 saturated heterocycles. The maximum absolute atomic E-state index is 12.8. The molecule has 2 aromatic heterocycles. The van der Waals surface area contributed by atoms with Crippen LogP contribution in [-0.4, -0.2) is 36.8 Å². The van der Waals surface area contributed by atoms with Crippen LogP contribution in [0.15, 0.2) is 56.8 Å². The van der Waals surface area contributed by atoms with Crippen LogP contribution in [0.2, 0.25) is 0 Å². The fourth-order valence-electron chi connectivity index (χ4n) is 4.38. The Hall–Kier alpha value is -3.04. The first-order valence-corrected chi connectivity index (χ1v) is 12.7. The van der Waals surface area contributed by atoms with E-state index in [1.54, 1.807) is 6.07 Å². The molecular weight excluding hydrogens is 456 g/mol. The number of pyridine rings is 1. The smallest absolute Gasteiger partial charge is 0.336 e. The van der Waals surface area contributed by atoms with Crippen molar-refractivity contribution in [3.63, 3.8) is 0 Å². The van der Waals surface area contributed by atoms with Gasteiger partial charge in [0, 0.05) is 42.5 Å². The van der Waals surface area contributed by atoms with Crippen molar-refractivity contribution in [2.75, 3.05) is 13.1 Å². The molecule has 180 valence electrons. The van der Waals surface area contributed by atoms with E-state index in [-0.39, 0.29) is 24.6 Å². The predicted octanol–water partition coefficient (Wildman–Crippen LogP) is 3.76. The number of aryl methyl sites for hydroxylation is 1. The number of hydrogen-bond donors (Lipinski definition) is 0. The Kier molecular flexibility index (Phi) is 6.86. The molecule has 0 amide bonds. The van der Waals surface area contributed by atoms with Gasteiger partial charge in [-0.2, -0.15) is 4.31 Å². The second-order valence-corrected chi connectivity index (χ2v) is 10.9. The van der Waals surface area contributed by atoms with Gasteiger partial charge in [0.15, 0.2) is 0 Å². The minimum atomic E-state index is -3.64. The Bertz CT molecular complexity index is 1360. The van der Waals surface area contributed by atoms with Gasteiger partial charge >= 0.3 is 11.6 Å². The fraction of sp³-hybridized carbons (Fsp3) is 0.400. The van der Waals surface area contributed by atoms with E-state index in [2.05, 4.69) is 18.8 Å². The Labute approximate surface area is 198 Å². The van der Waals surface area contributed by atoms with E-state index in [9.17, 15) is 18.0 Å². The third kappa shape index (κ3) is 4.90. The lowest BCUT2D eigenvalue weighted by Crippen LogP contribution is -2.40. The molecule has 3 heterocycles. The molecule has 0 saturated carbocycles. The molecule has 0 aliphatic carbocycles. The molecule has 1 aliphatic rings. The number of carbonyl (C=O) groups excluding carboxylic acids is 1. The molecule has 1 aliphatic heterocycles. The molecule has 4 rings (SSSR count). The first-order valence-electron chi connectivity index (χ1n) is 11.3. The molecule has 0 N–H and O–H groups in total. The highest BCUT2D eigenvalue weighted by atomic mass is 32.2. The van der Waals surface area contributed by atoms with Crippen LogP contribution in [0.5, 0.6) is 0 Å². The normalized spacial score (nSPS) is 15.6. The molecule has 9 heteroatoms. The quantitative estimate of drug-likeness (QED) is 0.387. The lowest BCUT2D eigenvalue weighted by atomic mass is 9.95. The predicted molar refractivity (Wildman–Crippen MR) is 127 cm³/mol. The van der Waals surface area contributed by atoms with Crippen molar-refractivity contribution in [3.8, 4) is 0 Å². The lowest BCUT2D eigenvalue weighted by Gasteiger charge is -2.30. The number of carbonyl (C=O) groups is 1. The summed E-state index contributed by atoms with van der Waals surface area (Å²) in [6.45, 7) is 6.57. The van der Waals surface area contributed by atoms with Gasteiger partial charge in [0.1, 0.15) is 17.1 Å². The Morgan fingerprint density at radius 2 is 1.97 bits per heavy atom. The SMILES string of the molecule is Cc1cc2oc(=O)cc(COC(=O)C3CCN(S(=O)(=O)c4cccnc4)CC3)c2cc1C(C)C. The van der Waals surface area contributed by atoms with Gasteiger partial charge in [0.25, 0.3) is 0 Å². The number of hydrogen-bond acceptors (Lipinski definition) is 7. The molecule has 0 radical (unpaired) electrons. The fourth-order valence-corrected chi connectivity index (χ4v) is 5.81. The van der Waals surface area contributed by atoms with E-state index in [0.29, 0.717) is 29.9 Å². The molecule has 0 bridgehead atoms. The molecular formula is C25H28N2O6S. The molecule has 8 nitrogen and oxygen atoms in total. The number of aromatic nitrogens is 1. The van der Waals surface area contributed by atoms with Crippen LogP contribution in [-0.2, 0) is 26.2 Å². The highest BCUT2D eigenvalue weighted by Gasteiger charge is 2.33. The van der Waals surface area contributed by atoms with Crippen molar-refractivity contribution in [1.82, 2.24) is 9.29 Å². The van der Waals surface area contributed by atoms with Gasteiger partial charge in [-0.05, 0) is 61.1 Å². The first-order chi connectivity index (χ1) is 16.2. The second-order valence-electron chi connectivity index (χ2n) is 8.93. The summed E-state index contributed by atoms with van der Waals surface area (Å²) in [6, 6.07) is 8.28. The van der Waals surface area contributed by atoms with Crippen molar-refractivity contribution < 1.29 is 22.4 Å². The van der Waals surface area contributed by atoms with Gasteiger partial charge < -0.3 is 9.15 Å². The third-order valence-electron chi connectivity index (χ3n) is 6.27. The number of fused-ring (bicyclic) bond motifs is 1. The van der Waals surface area contributed by atoms with E-state index >= 15 is 0 Å². The van der Waals surface area contributed by atoms with E-state index < -0.39 is 27.5 Å². The number of nitrogens with zero attached hydrogens (tertiary/aromatic N) is 2. The molecule has 0 unspecified atom stereocenters. The number of rotatable bonds is 6. The number of ether oxygens (including phenoxy) is 1. The molecule has 1 fully saturated rings. The summed E-state index contributed by atoms with van der Waals surface area (Å²) in [5, 5.41) is 0.749. The topological polar surface area (TPSA) is 107 Å². The Morgan fingerprint density at radius 3 is 2.62 bits per heavy atom. The number of piperidine rings is 1. The molecule has 1 aromatic carbocycles. The van der Waals surface area contributed by atoms with Gasteiger partial charge in [-0.3, -0.25) is 9.78 Å². The third-order valence-corrected chi connectivity index (χ3v) is 8.15. The largest absolute Gasteiger partial charge is 0.461 e. The van der Waals surface area contributed by atoms with Crippen LogP contribution in [0.4, 0.5) is 0 Å². The van der Waals surface area contributed by atoms with Crippen LogP contribution >= 0.6 is 0 Å².